The van der Waals surface area contributed by atoms with Crippen LogP contribution in [0.3, 0.4) is 0 Å². The van der Waals surface area contributed by atoms with Gasteiger partial charge in [0.15, 0.2) is 0 Å². The Kier molecular flexibility index (Phi) is 14.8. The summed E-state index contributed by atoms with van der Waals surface area (Å²) in [5.41, 5.74) is 1.29. The minimum absolute atomic E-state index is 0.0319. The van der Waals surface area contributed by atoms with Crippen LogP contribution in [0.25, 0.3) is 0 Å². The van der Waals surface area contributed by atoms with Crippen molar-refractivity contribution in [2.45, 2.75) is 104 Å². The number of unbranched alkanes of at least 4 members (excludes halogenated alkanes) is 11. The van der Waals surface area contributed by atoms with Crippen molar-refractivity contribution in [3.63, 3.8) is 0 Å². The molecule has 0 aliphatic carbocycles. The largest absolute Gasteiger partial charge is 0.352 e. The summed E-state index contributed by atoms with van der Waals surface area (Å²) < 4.78 is 0. The van der Waals surface area contributed by atoms with Gasteiger partial charge in [-0.3, -0.25) is 9.59 Å². The SMILES string of the molecule is CCCCCCCCCCCCCC(=O)Nc1cccc(C(=O)NCCCC)c1. The highest BCUT2D eigenvalue weighted by Gasteiger charge is 2.07. The molecule has 4 nitrogen and oxygen atoms in total. The molecule has 164 valence electrons. The van der Waals surface area contributed by atoms with Crippen LogP contribution in [0.1, 0.15) is 114 Å². The van der Waals surface area contributed by atoms with Crippen LogP contribution in [0.15, 0.2) is 24.3 Å². The lowest BCUT2D eigenvalue weighted by Gasteiger charge is -2.08. The second-order valence-electron chi connectivity index (χ2n) is 8.02. The summed E-state index contributed by atoms with van der Waals surface area (Å²) in [6.45, 7) is 5.04. The van der Waals surface area contributed by atoms with Gasteiger partial charge in [0.2, 0.25) is 5.91 Å². The van der Waals surface area contributed by atoms with E-state index in [1.165, 1.54) is 57.8 Å². The fraction of sp³-hybridized carbons (Fsp3) is 0.680. The van der Waals surface area contributed by atoms with Crippen LogP contribution >= 0.6 is 0 Å². The zero-order valence-corrected chi connectivity index (χ0v) is 18.7. The van der Waals surface area contributed by atoms with Gasteiger partial charge in [-0.05, 0) is 31.0 Å². The Labute approximate surface area is 178 Å². The summed E-state index contributed by atoms with van der Waals surface area (Å²) in [5, 5.41) is 5.83. The molecule has 0 fully saturated rings. The zero-order chi connectivity index (χ0) is 21.2. The molecule has 29 heavy (non-hydrogen) atoms. The van der Waals surface area contributed by atoms with E-state index in [1.807, 2.05) is 12.1 Å². The number of nitrogens with one attached hydrogen (secondary N) is 2. The maximum absolute atomic E-state index is 12.2. The number of anilines is 1. The maximum Gasteiger partial charge on any atom is 0.251 e. The molecule has 0 aliphatic rings. The molecule has 0 atom stereocenters. The molecule has 0 bridgehead atoms. The Hall–Kier alpha value is -1.84. The van der Waals surface area contributed by atoms with Crippen LogP contribution in [0.2, 0.25) is 0 Å². The van der Waals surface area contributed by atoms with Gasteiger partial charge < -0.3 is 10.6 Å². The molecule has 0 spiro atoms. The van der Waals surface area contributed by atoms with Crippen LogP contribution in [-0.4, -0.2) is 18.4 Å². The van der Waals surface area contributed by atoms with Gasteiger partial charge in [-0.1, -0.05) is 90.5 Å². The number of rotatable bonds is 17. The molecule has 2 amide bonds. The monoisotopic (exact) mass is 402 g/mol. The van der Waals surface area contributed by atoms with Crippen molar-refractivity contribution >= 4 is 17.5 Å². The van der Waals surface area contributed by atoms with E-state index in [9.17, 15) is 9.59 Å². The van der Waals surface area contributed by atoms with Crippen molar-refractivity contribution in [1.82, 2.24) is 5.32 Å². The minimum atomic E-state index is -0.0834. The normalized spacial score (nSPS) is 10.7. The highest BCUT2D eigenvalue weighted by molar-refractivity contribution is 5.97. The Bertz CT molecular complexity index is 572. The topological polar surface area (TPSA) is 58.2 Å². The lowest BCUT2D eigenvalue weighted by molar-refractivity contribution is -0.116. The quantitative estimate of drug-likeness (QED) is 0.280. The molecule has 0 aromatic heterocycles. The molecule has 4 heteroatoms. The first-order chi connectivity index (χ1) is 14.2. The van der Waals surface area contributed by atoms with Crippen molar-refractivity contribution < 1.29 is 9.59 Å². The third kappa shape index (κ3) is 13.1. The van der Waals surface area contributed by atoms with Crippen LogP contribution in [-0.2, 0) is 4.79 Å². The molecule has 1 aromatic rings. The highest BCUT2D eigenvalue weighted by Crippen LogP contribution is 2.14. The van der Waals surface area contributed by atoms with E-state index < -0.39 is 0 Å². The number of hydrogen-bond acceptors (Lipinski definition) is 2. The van der Waals surface area contributed by atoms with E-state index in [0.29, 0.717) is 24.2 Å². The molecule has 1 rings (SSSR count). The molecular formula is C25H42N2O2. The summed E-state index contributed by atoms with van der Waals surface area (Å²) in [4.78, 5) is 24.3. The van der Waals surface area contributed by atoms with E-state index in [4.69, 9.17) is 0 Å². The Morgan fingerprint density at radius 2 is 1.34 bits per heavy atom. The van der Waals surface area contributed by atoms with Crippen molar-refractivity contribution in [3.8, 4) is 0 Å². The molecule has 0 radical (unpaired) electrons. The standard InChI is InChI=1S/C25H42N2O2/c1-3-5-7-8-9-10-11-12-13-14-15-19-24(28)27-23-18-16-17-22(21-23)25(29)26-20-6-4-2/h16-18,21H,3-15,19-20H2,1-2H3,(H,26,29)(H,27,28). The van der Waals surface area contributed by atoms with E-state index in [-0.39, 0.29) is 11.8 Å². The molecule has 0 unspecified atom stereocenters. The van der Waals surface area contributed by atoms with Gasteiger partial charge in [-0.15, -0.1) is 0 Å². The number of carbonyl (C=O) groups excluding carboxylic acids is 2. The Morgan fingerprint density at radius 1 is 0.759 bits per heavy atom. The van der Waals surface area contributed by atoms with Crippen molar-refractivity contribution in [2.75, 3.05) is 11.9 Å². The third-order valence-electron chi connectivity index (χ3n) is 5.23. The van der Waals surface area contributed by atoms with Crippen molar-refractivity contribution in [1.29, 1.82) is 0 Å². The highest BCUT2D eigenvalue weighted by atomic mass is 16.2. The fourth-order valence-corrected chi connectivity index (χ4v) is 3.39. The molecular weight excluding hydrogens is 360 g/mol. The summed E-state index contributed by atoms with van der Waals surface area (Å²) in [6, 6.07) is 7.17. The zero-order valence-electron chi connectivity index (χ0n) is 18.7. The second-order valence-corrected chi connectivity index (χ2v) is 8.02. The van der Waals surface area contributed by atoms with Gasteiger partial charge in [-0.2, -0.15) is 0 Å². The summed E-state index contributed by atoms with van der Waals surface area (Å²) in [5.74, 6) is -0.0515. The van der Waals surface area contributed by atoms with E-state index in [2.05, 4.69) is 24.5 Å². The molecule has 0 heterocycles. The minimum Gasteiger partial charge on any atom is -0.352 e. The van der Waals surface area contributed by atoms with Gasteiger partial charge in [0.1, 0.15) is 0 Å². The van der Waals surface area contributed by atoms with Gasteiger partial charge in [0, 0.05) is 24.2 Å². The molecule has 0 saturated carbocycles. The fourth-order valence-electron chi connectivity index (χ4n) is 3.39. The Morgan fingerprint density at radius 3 is 1.97 bits per heavy atom. The lowest BCUT2D eigenvalue weighted by Crippen LogP contribution is -2.24. The van der Waals surface area contributed by atoms with E-state index in [0.717, 1.165) is 25.7 Å². The van der Waals surface area contributed by atoms with Crippen molar-refractivity contribution in [3.05, 3.63) is 29.8 Å². The molecule has 2 N–H and O–H groups in total. The summed E-state index contributed by atoms with van der Waals surface area (Å²) >= 11 is 0. The Balaban J connectivity index is 2.12. The van der Waals surface area contributed by atoms with E-state index >= 15 is 0 Å². The average molecular weight is 403 g/mol. The van der Waals surface area contributed by atoms with Crippen LogP contribution < -0.4 is 10.6 Å². The second kappa shape index (κ2) is 17.1. The maximum atomic E-state index is 12.2. The first kappa shape index (κ1) is 25.2. The third-order valence-corrected chi connectivity index (χ3v) is 5.23. The predicted molar refractivity (Wildman–Crippen MR) is 123 cm³/mol. The predicted octanol–water partition coefficient (Wildman–Crippen LogP) is 6.86. The van der Waals surface area contributed by atoms with Gasteiger partial charge in [0.05, 0.1) is 0 Å². The van der Waals surface area contributed by atoms with Crippen molar-refractivity contribution in [2.24, 2.45) is 0 Å². The number of hydrogen-bond donors (Lipinski definition) is 2. The van der Waals surface area contributed by atoms with Crippen LogP contribution in [0.5, 0.6) is 0 Å². The molecule has 0 saturated heterocycles. The van der Waals surface area contributed by atoms with Crippen LogP contribution in [0, 0.1) is 0 Å². The van der Waals surface area contributed by atoms with Gasteiger partial charge in [0.25, 0.3) is 5.91 Å². The van der Waals surface area contributed by atoms with Gasteiger partial charge >= 0.3 is 0 Å². The summed E-state index contributed by atoms with van der Waals surface area (Å²) in [6.07, 6.45) is 16.6. The summed E-state index contributed by atoms with van der Waals surface area (Å²) in [7, 11) is 0. The first-order valence-corrected chi connectivity index (χ1v) is 11.9. The van der Waals surface area contributed by atoms with E-state index in [1.54, 1.807) is 12.1 Å². The smallest absolute Gasteiger partial charge is 0.251 e. The molecule has 0 aliphatic heterocycles. The first-order valence-electron chi connectivity index (χ1n) is 11.9. The number of benzene rings is 1. The van der Waals surface area contributed by atoms with Gasteiger partial charge in [-0.25, -0.2) is 0 Å². The number of carbonyl (C=O) groups is 2. The molecule has 1 aromatic carbocycles. The lowest BCUT2D eigenvalue weighted by atomic mass is 10.1. The number of amides is 2. The van der Waals surface area contributed by atoms with Crippen LogP contribution in [0.4, 0.5) is 5.69 Å². The average Bonchev–Trinajstić information content (AvgIpc) is 2.72.